The predicted molar refractivity (Wildman–Crippen MR) is 89.6 cm³/mol. The molecule has 2 heterocycles. The van der Waals surface area contributed by atoms with Gasteiger partial charge in [0.2, 0.25) is 11.8 Å². The van der Waals surface area contributed by atoms with E-state index in [-0.39, 0.29) is 18.4 Å². The lowest BCUT2D eigenvalue weighted by molar-refractivity contribution is -0.125. The maximum absolute atomic E-state index is 12.3. The average molecular weight is 354 g/mol. The smallest absolute Gasteiger partial charge is 0.321 e. The van der Waals surface area contributed by atoms with Crippen LogP contribution in [0.2, 0.25) is 5.02 Å². The molecule has 1 saturated heterocycles. The van der Waals surface area contributed by atoms with Gasteiger partial charge in [-0.15, -0.1) is 0 Å². The Morgan fingerprint density at radius 3 is 2.83 bits per heavy atom. The quantitative estimate of drug-likeness (QED) is 0.744. The van der Waals surface area contributed by atoms with Gasteiger partial charge in [0, 0.05) is 19.8 Å². The largest absolute Gasteiger partial charge is 0.341 e. The van der Waals surface area contributed by atoms with Crippen LogP contribution in [0.1, 0.15) is 12.8 Å². The minimum atomic E-state index is -0.542. The van der Waals surface area contributed by atoms with Gasteiger partial charge in [-0.2, -0.15) is 0 Å². The lowest BCUT2D eigenvalue weighted by Crippen LogP contribution is -2.47. The molecule has 0 saturated carbocycles. The van der Waals surface area contributed by atoms with E-state index in [9.17, 15) is 14.4 Å². The maximum Gasteiger partial charge on any atom is 0.321 e. The van der Waals surface area contributed by atoms with Crippen LogP contribution < -0.4 is 16.0 Å². The summed E-state index contributed by atoms with van der Waals surface area (Å²) in [4.78, 5) is 41.1. The summed E-state index contributed by atoms with van der Waals surface area (Å²) >= 11 is 5.76. The summed E-state index contributed by atoms with van der Waals surface area (Å²) in [6, 6.07) is 2.75. The molecular weight excluding hydrogens is 334 g/mol. The fourth-order valence-electron chi connectivity index (χ4n) is 2.52. The minimum Gasteiger partial charge on any atom is -0.341 e. The summed E-state index contributed by atoms with van der Waals surface area (Å²) in [5.41, 5.74) is 0. The highest BCUT2D eigenvalue weighted by Crippen LogP contribution is 2.18. The van der Waals surface area contributed by atoms with Gasteiger partial charge in [-0.05, 0) is 31.5 Å². The van der Waals surface area contributed by atoms with E-state index >= 15 is 0 Å². The Balaban J connectivity index is 1.85. The number of rotatable bonds is 4. The Bertz CT molecular complexity index is 608. The second-order valence-electron chi connectivity index (χ2n) is 5.55. The maximum atomic E-state index is 12.3. The van der Waals surface area contributed by atoms with Gasteiger partial charge in [-0.25, -0.2) is 9.78 Å². The zero-order valence-electron chi connectivity index (χ0n) is 13.3. The van der Waals surface area contributed by atoms with Gasteiger partial charge in [-0.1, -0.05) is 11.6 Å². The summed E-state index contributed by atoms with van der Waals surface area (Å²) in [6.45, 7) is 1.25. The molecule has 2 rings (SSSR count). The Morgan fingerprint density at radius 2 is 2.17 bits per heavy atom. The third kappa shape index (κ3) is 5.47. The van der Waals surface area contributed by atoms with E-state index in [0.29, 0.717) is 23.9 Å². The molecule has 1 aromatic rings. The number of carbonyl (C=O) groups is 3. The van der Waals surface area contributed by atoms with Gasteiger partial charge >= 0.3 is 6.03 Å². The van der Waals surface area contributed by atoms with Crippen molar-refractivity contribution >= 4 is 35.3 Å². The first-order valence-electron chi connectivity index (χ1n) is 7.64. The molecule has 24 heavy (non-hydrogen) atoms. The van der Waals surface area contributed by atoms with Crippen LogP contribution >= 0.6 is 11.6 Å². The number of hydrogen-bond acceptors (Lipinski definition) is 5. The van der Waals surface area contributed by atoms with Crippen LogP contribution in [-0.4, -0.2) is 54.4 Å². The normalized spacial score (nSPS) is 17.8. The van der Waals surface area contributed by atoms with E-state index in [0.717, 1.165) is 12.8 Å². The monoisotopic (exact) mass is 353 g/mol. The van der Waals surface area contributed by atoms with E-state index in [1.807, 2.05) is 4.90 Å². The van der Waals surface area contributed by atoms with Crippen LogP contribution in [0.15, 0.2) is 18.3 Å². The van der Waals surface area contributed by atoms with Gasteiger partial charge in [0.1, 0.15) is 5.82 Å². The zero-order chi connectivity index (χ0) is 17.5. The fourth-order valence-corrected chi connectivity index (χ4v) is 2.63. The molecule has 0 spiro atoms. The van der Waals surface area contributed by atoms with E-state index in [2.05, 4.69) is 20.9 Å². The highest BCUT2D eigenvalue weighted by atomic mass is 35.5. The number of nitrogens with one attached hydrogen (secondary N) is 3. The summed E-state index contributed by atoms with van der Waals surface area (Å²) in [5.74, 6) is -0.320. The van der Waals surface area contributed by atoms with Crippen molar-refractivity contribution in [1.29, 1.82) is 0 Å². The van der Waals surface area contributed by atoms with Crippen LogP contribution in [0, 0.1) is 5.92 Å². The number of carbonyl (C=O) groups excluding carboxylic acids is 3. The number of hydrogen-bond donors (Lipinski definition) is 3. The van der Waals surface area contributed by atoms with Crippen molar-refractivity contribution in [2.45, 2.75) is 12.8 Å². The van der Waals surface area contributed by atoms with Crippen molar-refractivity contribution in [3.05, 3.63) is 23.4 Å². The molecular formula is C15H20ClN5O3. The number of nitrogens with zero attached hydrogens (tertiary/aromatic N) is 2. The topological polar surface area (TPSA) is 103 Å². The molecule has 1 aliphatic rings. The van der Waals surface area contributed by atoms with Crippen LogP contribution in [0.3, 0.4) is 0 Å². The first-order chi connectivity index (χ1) is 11.5. The first kappa shape index (κ1) is 18.2. The van der Waals surface area contributed by atoms with Crippen molar-refractivity contribution in [3.8, 4) is 0 Å². The molecule has 0 aromatic carbocycles. The molecule has 1 aliphatic heterocycles. The summed E-state index contributed by atoms with van der Waals surface area (Å²) < 4.78 is 0. The average Bonchev–Trinajstić information content (AvgIpc) is 2.57. The summed E-state index contributed by atoms with van der Waals surface area (Å²) in [7, 11) is 1.44. The number of anilines is 1. The zero-order valence-corrected chi connectivity index (χ0v) is 14.1. The molecule has 0 radical (unpaired) electrons. The van der Waals surface area contributed by atoms with Crippen LogP contribution in [-0.2, 0) is 9.59 Å². The van der Waals surface area contributed by atoms with Crippen LogP contribution in [0.25, 0.3) is 0 Å². The van der Waals surface area contributed by atoms with E-state index in [4.69, 9.17) is 11.6 Å². The van der Waals surface area contributed by atoms with E-state index in [1.165, 1.54) is 13.2 Å². The predicted octanol–water partition coefficient (Wildman–Crippen LogP) is 0.841. The fraction of sp³-hybridized carbons (Fsp3) is 0.467. The number of pyridine rings is 1. The third-order valence-electron chi connectivity index (χ3n) is 3.70. The molecule has 9 heteroatoms. The van der Waals surface area contributed by atoms with Crippen molar-refractivity contribution in [2.75, 3.05) is 32.0 Å². The number of halogens is 1. The molecule has 4 amide bonds. The second-order valence-corrected chi connectivity index (χ2v) is 5.99. The number of urea groups is 1. The Hall–Kier alpha value is -2.19. The van der Waals surface area contributed by atoms with Gasteiger partial charge in [-0.3, -0.25) is 19.8 Å². The van der Waals surface area contributed by atoms with Crippen molar-refractivity contribution in [1.82, 2.24) is 20.5 Å². The standard InChI is InChI=1S/C15H20ClN5O3/c1-17-15(24)20-13(22)9-21-6-2-3-10(8-21)14(23)19-12-5-4-11(16)7-18-12/h4-5,7,10H,2-3,6,8-9H2,1H3,(H,18,19,23)(H2,17,20,22,24). The number of aromatic nitrogens is 1. The SMILES string of the molecule is CNC(=O)NC(=O)CN1CCCC(C(=O)Nc2ccc(Cl)cn2)C1. The third-order valence-corrected chi connectivity index (χ3v) is 3.93. The number of piperidine rings is 1. The molecule has 1 atom stereocenters. The van der Waals surface area contributed by atoms with Crippen molar-refractivity contribution in [3.63, 3.8) is 0 Å². The van der Waals surface area contributed by atoms with Crippen molar-refractivity contribution < 1.29 is 14.4 Å². The van der Waals surface area contributed by atoms with Crippen LogP contribution in [0.5, 0.6) is 0 Å². The lowest BCUT2D eigenvalue weighted by atomic mass is 9.97. The first-order valence-corrected chi connectivity index (χ1v) is 8.02. The Morgan fingerprint density at radius 1 is 1.38 bits per heavy atom. The Kier molecular flexibility index (Phi) is 6.51. The molecule has 3 N–H and O–H groups in total. The minimum absolute atomic E-state index is 0.0798. The second kappa shape index (κ2) is 8.60. The van der Waals surface area contributed by atoms with Crippen molar-refractivity contribution in [2.24, 2.45) is 5.92 Å². The van der Waals surface area contributed by atoms with E-state index in [1.54, 1.807) is 12.1 Å². The number of likely N-dealkylation sites (tertiary alicyclic amines) is 1. The summed E-state index contributed by atoms with van der Waals surface area (Å²) in [5, 5.41) is 7.79. The van der Waals surface area contributed by atoms with Gasteiger partial charge in [0.15, 0.2) is 0 Å². The number of amides is 4. The van der Waals surface area contributed by atoms with Crippen LogP contribution in [0.4, 0.5) is 10.6 Å². The Labute approximate surface area is 144 Å². The molecule has 0 aliphatic carbocycles. The lowest BCUT2D eigenvalue weighted by Gasteiger charge is -2.31. The molecule has 1 unspecified atom stereocenters. The van der Waals surface area contributed by atoms with Gasteiger partial charge < -0.3 is 10.6 Å². The van der Waals surface area contributed by atoms with E-state index < -0.39 is 11.9 Å². The molecule has 1 fully saturated rings. The molecule has 8 nitrogen and oxygen atoms in total. The molecule has 0 bridgehead atoms. The highest BCUT2D eigenvalue weighted by molar-refractivity contribution is 6.30. The number of imide groups is 1. The summed E-state index contributed by atoms with van der Waals surface area (Å²) in [6.07, 6.45) is 3.01. The molecule has 1 aromatic heterocycles. The van der Waals surface area contributed by atoms with Gasteiger partial charge in [0.25, 0.3) is 0 Å². The van der Waals surface area contributed by atoms with Gasteiger partial charge in [0.05, 0.1) is 17.5 Å². The molecule has 130 valence electrons. The highest BCUT2D eigenvalue weighted by Gasteiger charge is 2.27.